The van der Waals surface area contributed by atoms with E-state index in [0.717, 1.165) is 10.9 Å². The highest BCUT2D eigenvalue weighted by Crippen LogP contribution is 2.21. The number of hydrogen-bond acceptors (Lipinski definition) is 4. The summed E-state index contributed by atoms with van der Waals surface area (Å²) in [7, 11) is 0. The second-order valence-corrected chi connectivity index (χ2v) is 4.92. The van der Waals surface area contributed by atoms with Gasteiger partial charge in [-0.3, -0.25) is 14.3 Å². The summed E-state index contributed by atoms with van der Waals surface area (Å²) in [5.74, 6) is -1.92. The Bertz CT molecular complexity index is 707. The molecule has 0 radical (unpaired) electrons. The van der Waals surface area contributed by atoms with Crippen molar-refractivity contribution in [3.8, 4) is 0 Å². The topological polar surface area (TPSA) is 109 Å². The lowest BCUT2D eigenvalue weighted by Crippen LogP contribution is -2.29. The second-order valence-electron chi connectivity index (χ2n) is 4.92. The Morgan fingerprint density at radius 2 is 1.95 bits per heavy atom. The van der Waals surface area contributed by atoms with Gasteiger partial charge in [-0.15, -0.1) is 0 Å². The van der Waals surface area contributed by atoms with Gasteiger partial charge in [-0.2, -0.15) is 0 Å². The zero-order valence-corrected chi connectivity index (χ0v) is 11.7. The predicted molar refractivity (Wildman–Crippen MR) is 79.4 cm³/mol. The summed E-state index contributed by atoms with van der Waals surface area (Å²) in [6.45, 7) is 0. The van der Waals surface area contributed by atoms with Crippen molar-refractivity contribution >= 4 is 29.1 Å². The third-order valence-electron chi connectivity index (χ3n) is 3.27. The smallest absolute Gasteiger partial charge is 0.307 e. The minimum atomic E-state index is -0.974. The van der Waals surface area contributed by atoms with Crippen LogP contribution >= 0.6 is 0 Å². The molecule has 1 atom stereocenters. The molecular weight excluding hydrogens is 288 g/mol. The van der Waals surface area contributed by atoms with E-state index in [1.807, 2.05) is 0 Å². The molecule has 1 aromatic heterocycles. The average Bonchev–Trinajstić information content (AvgIpc) is 2.81. The summed E-state index contributed by atoms with van der Waals surface area (Å²) >= 11 is 0. The van der Waals surface area contributed by atoms with E-state index in [0.29, 0.717) is 11.8 Å². The van der Waals surface area contributed by atoms with Crippen LogP contribution in [0.2, 0.25) is 0 Å². The molecule has 0 saturated heterocycles. The third-order valence-corrected chi connectivity index (χ3v) is 3.27. The van der Waals surface area contributed by atoms with Crippen LogP contribution < -0.4 is 5.43 Å². The number of rotatable bonds is 8. The summed E-state index contributed by atoms with van der Waals surface area (Å²) < 4.78 is 1.58. The highest BCUT2D eigenvalue weighted by molar-refractivity contribution is 5.87. The minimum Gasteiger partial charge on any atom is -0.481 e. The van der Waals surface area contributed by atoms with Gasteiger partial charge < -0.3 is 20.4 Å². The van der Waals surface area contributed by atoms with Crippen LogP contribution in [-0.2, 0) is 20.8 Å². The Morgan fingerprint density at radius 1 is 1.23 bits per heavy atom. The van der Waals surface area contributed by atoms with Crippen LogP contribution in [0, 0.1) is 0 Å². The molecule has 0 amide bonds. The van der Waals surface area contributed by atoms with Gasteiger partial charge in [-0.1, -0.05) is 18.2 Å². The van der Waals surface area contributed by atoms with Crippen molar-refractivity contribution in [3.05, 3.63) is 36.0 Å². The average molecular weight is 304 g/mol. The van der Waals surface area contributed by atoms with Gasteiger partial charge in [0.15, 0.2) is 0 Å². The first-order valence-electron chi connectivity index (χ1n) is 6.75. The molecule has 0 fully saturated rings. The molecule has 0 saturated carbocycles. The van der Waals surface area contributed by atoms with Crippen molar-refractivity contribution in [1.82, 2.24) is 4.68 Å². The number of hydrogen-bond donors (Lipinski definition) is 3. The number of carboxylic acids is 2. The Balaban J connectivity index is 2.28. The van der Waals surface area contributed by atoms with Crippen molar-refractivity contribution in [3.63, 3.8) is 0 Å². The van der Waals surface area contributed by atoms with E-state index in [1.54, 1.807) is 35.1 Å². The van der Waals surface area contributed by atoms with Gasteiger partial charge in [-0.05, 0) is 18.1 Å². The molecule has 0 unspecified atom stereocenters. The van der Waals surface area contributed by atoms with Crippen LogP contribution in [0.1, 0.15) is 18.4 Å². The lowest BCUT2D eigenvalue weighted by atomic mass is 10.1. The number of aldehydes is 1. The quantitative estimate of drug-likeness (QED) is 0.633. The maximum atomic E-state index is 11.1. The molecule has 1 heterocycles. The molecule has 0 aliphatic carbocycles. The summed E-state index contributed by atoms with van der Waals surface area (Å²) in [6, 6.07) is 6.55. The monoisotopic (exact) mass is 304 g/mol. The largest absolute Gasteiger partial charge is 0.481 e. The van der Waals surface area contributed by atoms with Crippen molar-refractivity contribution in [1.29, 1.82) is 0 Å². The normalized spacial score (nSPS) is 12.0. The van der Waals surface area contributed by atoms with Crippen molar-refractivity contribution < 1.29 is 24.6 Å². The highest BCUT2D eigenvalue weighted by Gasteiger charge is 2.14. The molecule has 0 aliphatic heterocycles. The number of para-hydroxylation sites is 1. The number of carboxylic acid groups (broad SMARTS) is 2. The number of carbonyl (C=O) groups is 3. The van der Waals surface area contributed by atoms with Gasteiger partial charge in [0.2, 0.25) is 0 Å². The van der Waals surface area contributed by atoms with E-state index in [4.69, 9.17) is 10.2 Å². The molecule has 1 aromatic carbocycles. The number of fused-ring (bicyclic) bond motifs is 1. The molecule has 2 rings (SSSR count). The van der Waals surface area contributed by atoms with Gasteiger partial charge in [0.1, 0.15) is 6.29 Å². The maximum absolute atomic E-state index is 11.1. The summed E-state index contributed by atoms with van der Waals surface area (Å²) in [5.41, 5.74) is 4.27. The Morgan fingerprint density at radius 3 is 2.59 bits per heavy atom. The fourth-order valence-electron chi connectivity index (χ4n) is 2.28. The van der Waals surface area contributed by atoms with Crippen molar-refractivity contribution in [2.24, 2.45) is 0 Å². The number of benzene rings is 1. The highest BCUT2D eigenvalue weighted by atomic mass is 16.4. The van der Waals surface area contributed by atoms with Crippen LogP contribution in [0.15, 0.2) is 30.5 Å². The SMILES string of the molecule is O=C[C@H](CCC(=O)O)Nn1cc(CC(=O)O)c2ccccc21. The zero-order chi connectivity index (χ0) is 16.1. The molecule has 7 heteroatoms. The van der Waals surface area contributed by atoms with Gasteiger partial charge in [0.25, 0.3) is 0 Å². The molecule has 0 aliphatic rings. The van der Waals surface area contributed by atoms with Gasteiger partial charge >= 0.3 is 11.9 Å². The molecule has 0 spiro atoms. The summed E-state index contributed by atoms with van der Waals surface area (Å²) in [6.07, 6.45) is 2.16. The number of nitrogens with one attached hydrogen (secondary N) is 1. The van der Waals surface area contributed by atoms with E-state index < -0.39 is 18.0 Å². The number of carbonyl (C=O) groups excluding carboxylic acids is 1. The van der Waals surface area contributed by atoms with Crippen LogP contribution in [0.4, 0.5) is 0 Å². The molecule has 22 heavy (non-hydrogen) atoms. The fourth-order valence-corrected chi connectivity index (χ4v) is 2.28. The van der Waals surface area contributed by atoms with E-state index in [2.05, 4.69) is 5.43 Å². The van der Waals surface area contributed by atoms with Gasteiger partial charge in [0.05, 0.1) is 18.0 Å². The summed E-state index contributed by atoms with van der Waals surface area (Å²) in [5, 5.41) is 18.4. The van der Waals surface area contributed by atoms with E-state index in [1.165, 1.54) is 0 Å². The first-order valence-corrected chi connectivity index (χ1v) is 6.75. The van der Waals surface area contributed by atoms with Crippen LogP contribution in [0.5, 0.6) is 0 Å². The fraction of sp³-hybridized carbons (Fsp3) is 0.267. The lowest BCUT2D eigenvalue weighted by Gasteiger charge is -2.15. The van der Waals surface area contributed by atoms with Crippen LogP contribution in [0.25, 0.3) is 10.9 Å². The second kappa shape index (κ2) is 6.75. The number of aliphatic carboxylic acids is 2. The van der Waals surface area contributed by atoms with E-state index in [-0.39, 0.29) is 19.3 Å². The first kappa shape index (κ1) is 15.6. The standard InChI is InChI=1S/C15H16N2O5/c18-9-11(5-6-14(19)20)16-17-8-10(7-15(21)22)12-3-1-2-4-13(12)17/h1-4,8-9,11,16H,5-7H2,(H,19,20)(H,21,22)/t11-/m0/s1. The molecular formula is C15H16N2O5. The minimum absolute atomic E-state index is 0.127. The Hall–Kier alpha value is -2.83. The molecule has 3 N–H and O–H groups in total. The summed E-state index contributed by atoms with van der Waals surface area (Å²) in [4.78, 5) is 32.6. The number of aromatic nitrogens is 1. The number of nitrogens with zero attached hydrogens (tertiary/aromatic N) is 1. The van der Waals surface area contributed by atoms with Crippen LogP contribution in [0.3, 0.4) is 0 Å². The van der Waals surface area contributed by atoms with Crippen LogP contribution in [-0.4, -0.2) is 39.2 Å². The first-order chi connectivity index (χ1) is 10.5. The molecule has 7 nitrogen and oxygen atoms in total. The van der Waals surface area contributed by atoms with Gasteiger partial charge in [0, 0.05) is 18.0 Å². The maximum Gasteiger partial charge on any atom is 0.307 e. The van der Waals surface area contributed by atoms with Crippen molar-refractivity contribution in [2.45, 2.75) is 25.3 Å². The lowest BCUT2D eigenvalue weighted by molar-refractivity contribution is -0.137. The predicted octanol–water partition coefficient (Wildman–Crippen LogP) is 1.24. The molecule has 116 valence electrons. The van der Waals surface area contributed by atoms with Gasteiger partial charge in [-0.25, -0.2) is 0 Å². The van der Waals surface area contributed by atoms with E-state index in [9.17, 15) is 14.4 Å². The van der Waals surface area contributed by atoms with E-state index >= 15 is 0 Å². The Kier molecular flexibility index (Phi) is 4.77. The zero-order valence-electron chi connectivity index (χ0n) is 11.7. The van der Waals surface area contributed by atoms with Crippen molar-refractivity contribution in [2.75, 3.05) is 5.43 Å². The molecule has 0 bridgehead atoms. The molecule has 2 aromatic rings. The third kappa shape index (κ3) is 3.63. The Labute approximate surface area is 126 Å².